The molecule has 2 rings (SSSR count). The molecule has 0 radical (unpaired) electrons. The summed E-state index contributed by atoms with van der Waals surface area (Å²) in [6, 6.07) is 20.1. The molecule has 2 aromatic rings. The molecule has 5 nitrogen and oxygen atoms in total. The van der Waals surface area contributed by atoms with Gasteiger partial charge in [-0.15, -0.1) is 0 Å². The van der Waals surface area contributed by atoms with Crippen LogP contribution in [-0.4, -0.2) is 28.6 Å². The van der Waals surface area contributed by atoms with Crippen molar-refractivity contribution in [2.75, 3.05) is 0 Å². The summed E-state index contributed by atoms with van der Waals surface area (Å²) in [5, 5.41) is 0. The molecule has 0 aliphatic rings. The molecule has 168 valence electrons. The highest BCUT2D eigenvalue weighted by Gasteiger charge is 2.32. The normalized spacial score (nSPS) is 11.7. The van der Waals surface area contributed by atoms with Crippen molar-refractivity contribution in [3.05, 3.63) is 60.7 Å². The van der Waals surface area contributed by atoms with Crippen LogP contribution in [0.3, 0.4) is 0 Å². The van der Waals surface area contributed by atoms with Gasteiger partial charge in [-0.2, -0.15) is 0 Å². The van der Waals surface area contributed by atoms with E-state index in [9.17, 15) is 9.59 Å². The predicted octanol–water partition coefficient (Wildman–Crippen LogP) is 6.18. The van der Waals surface area contributed by atoms with Gasteiger partial charge < -0.3 is 13.6 Å². The monoisotopic (exact) mass is 458 g/mol. The molecular weight excluding hydrogens is 424 g/mol. The number of rotatable bonds is 12. The van der Waals surface area contributed by atoms with E-state index in [2.05, 4.69) is 26.2 Å². The van der Waals surface area contributed by atoms with Crippen LogP contribution in [0.5, 0.6) is 11.5 Å². The molecule has 0 atom stereocenters. The summed E-state index contributed by atoms with van der Waals surface area (Å²) in [5.41, 5.74) is 0. The Morgan fingerprint density at radius 1 is 0.645 bits per heavy atom. The molecule has 0 N–H and O–H groups in total. The maximum Gasteiger partial charge on any atom is 0.311 e. The number of esters is 2. The zero-order chi connectivity index (χ0) is 22.7. The van der Waals surface area contributed by atoms with Crippen molar-refractivity contribution in [1.29, 1.82) is 0 Å². The zero-order valence-electron chi connectivity index (χ0n) is 19.1. The van der Waals surface area contributed by atoms with Gasteiger partial charge in [0.1, 0.15) is 11.5 Å². The number of carbonyl (C=O) groups excluding carboxylic acids is 2. The first-order valence-electron chi connectivity index (χ1n) is 10.9. The Bertz CT molecular complexity index is 753. The molecule has 0 unspecified atom stereocenters. The van der Waals surface area contributed by atoms with Gasteiger partial charge >= 0.3 is 11.9 Å². The lowest BCUT2D eigenvalue weighted by molar-refractivity contribution is -0.135. The highest BCUT2D eigenvalue weighted by Crippen LogP contribution is 2.25. The van der Waals surface area contributed by atoms with Crippen LogP contribution in [0.15, 0.2) is 60.7 Å². The molecule has 0 aliphatic heterocycles. The second-order valence-corrected chi connectivity index (χ2v) is 17.8. The molecule has 0 fully saturated rings. The van der Waals surface area contributed by atoms with Gasteiger partial charge in [0.15, 0.2) is 16.6 Å². The first-order chi connectivity index (χ1) is 14.7. The van der Waals surface area contributed by atoms with E-state index in [4.69, 9.17) is 13.6 Å². The Balaban J connectivity index is 1.67. The van der Waals surface area contributed by atoms with Gasteiger partial charge in [-0.1, -0.05) is 36.4 Å². The fourth-order valence-electron chi connectivity index (χ4n) is 3.51. The molecule has 31 heavy (non-hydrogen) atoms. The van der Waals surface area contributed by atoms with Gasteiger partial charge in [0.2, 0.25) is 0 Å². The largest absolute Gasteiger partial charge is 0.455 e. The van der Waals surface area contributed by atoms with Crippen molar-refractivity contribution >= 4 is 28.6 Å². The van der Waals surface area contributed by atoms with Crippen molar-refractivity contribution in [1.82, 2.24) is 0 Å². The average Bonchev–Trinajstić information content (AvgIpc) is 2.68. The Kier molecular flexibility index (Phi) is 9.67. The second kappa shape index (κ2) is 12.0. The fourth-order valence-corrected chi connectivity index (χ4v) is 12.4. The van der Waals surface area contributed by atoms with Crippen molar-refractivity contribution < 1.29 is 23.2 Å². The van der Waals surface area contributed by atoms with Crippen LogP contribution < -0.4 is 9.47 Å². The molecule has 0 aliphatic carbocycles. The van der Waals surface area contributed by atoms with E-state index in [1.807, 2.05) is 36.4 Å². The third kappa shape index (κ3) is 10.6. The Morgan fingerprint density at radius 3 is 1.35 bits per heavy atom. The maximum absolute atomic E-state index is 12.0. The Morgan fingerprint density at radius 2 is 1.00 bits per heavy atom. The van der Waals surface area contributed by atoms with Crippen LogP contribution in [0, 0.1) is 0 Å². The van der Waals surface area contributed by atoms with Crippen LogP contribution in [-0.2, 0) is 13.7 Å². The quantitative estimate of drug-likeness (QED) is 0.216. The van der Waals surface area contributed by atoms with Gasteiger partial charge in [-0.25, -0.2) is 0 Å². The molecular formula is C24H34O5Si2. The lowest BCUT2D eigenvalue weighted by Crippen LogP contribution is -2.44. The number of benzene rings is 2. The number of carbonyl (C=O) groups is 2. The van der Waals surface area contributed by atoms with E-state index in [1.165, 1.54) is 0 Å². The van der Waals surface area contributed by atoms with E-state index in [0.29, 0.717) is 24.3 Å². The first-order valence-corrected chi connectivity index (χ1v) is 17.1. The molecule has 0 aromatic heterocycles. The van der Waals surface area contributed by atoms with Gasteiger partial charge in [0.05, 0.1) is 0 Å². The summed E-state index contributed by atoms with van der Waals surface area (Å²) in [5.74, 6) is 0.757. The smallest absolute Gasteiger partial charge is 0.311 e. The van der Waals surface area contributed by atoms with Crippen LogP contribution in [0.2, 0.25) is 38.3 Å². The number of hydrogen-bond acceptors (Lipinski definition) is 5. The average molecular weight is 459 g/mol. The molecule has 0 spiro atoms. The zero-order valence-corrected chi connectivity index (χ0v) is 21.1. The van der Waals surface area contributed by atoms with E-state index in [0.717, 1.165) is 24.9 Å². The fraction of sp³-hybridized carbons (Fsp3) is 0.417. The van der Waals surface area contributed by atoms with E-state index < -0.39 is 16.6 Å². The second-order valence-electron chi connectivity index (χ2n) is 8.90. The number of ether oxygens (including phenoxy) is 2. The SMILES string of the molecule is C[Si](C)(CCCC(=O)Oc1ccccc1)O[Si](C)(C)CCCC(=O)Oc1ccccc1. The summed E-state index contributed by atoms with van der Waals surface area (Å²) >= 11 is 0. The summed E-state index contributed by atoms with van der Waals surface area (Å²) in [6.45, 7) is 8.81. The minimum absolute atomic E-state index is 0.204. The third-order valence-corrected chi connectivity index (χ3v) is 12.4. The highest BCUT2D eigenvalue weighted by molar-refractivity contribution is 6.84. The van der Waals surface area contributed by atoms with Crippen molar-refractivity contribution in [2.24, 2.45) is 0 Å². The number of hydrogen-bond donors (Lipinski definition) is 0. The first kappa shape index (κ1) is 25.0. The molecule has 0 bridgehead atoms. The summed E-state index contributed by atoms with van der Waals surface area (Å²) in [4.78, 5) is 24.1. The van der Waals surface area contributed by atoms with E-state index in [-0.39, 0.29) is 11.9 Å². The highest BCUT2D eigenvalue weighted by atomic mass is 28.4. The van der Waals surface area contributed by atoms with E-state index >= 15 is 0 Å². The molecule has 0 saturated carbocycles. The van der Waals surface area contributed by atoms with Gasteiger partial charge in [0, 0.05) is 12.8 Å². The standard InChI is InChI=1S/C24H34O5Si2/c1-30(2,19-11-17-23(25)27-21-13-7-5-8-14-21)29-31(3,4)20-12-18-24(26)28-22-15-9-6-10-16-22/h5-10,13-16H,11-12,17-20H2,1-4H3. The molecule has 2 aromatic carbocycles. The molecule has 0 heterocycles. The van der Waals surface area contributed by atoms with Gasteiger partial charge in [0.25, 0.3) is 0 Å². The maximum atomic E-state index is 12.0. The lowest BCUT2D eigenvalue weighted by Gasteiger charge is -2.34. The van der Waals surface area contributed by atoms with Gasteiger partial charge in [-0.05, 0) is 75.4 Å². The molecule has 7 heteroatoms. The molecule has 0 amide bonds. The molecule has 0 saturated heterocycles. The number of para-hydroxylation sites is 2. The van der Waals surface area contributed by atoms with Crippen LogP contribution in [0.25, 0.3) is 0 Å². The summed E-state index contributed by atoms with van der Waals surface area (Å²) in [6.07, 6.45) is 2.31. The van der Waals surface area contributed by atoms with E-state index in [1.54, 1.807) is 24.3 Å². The predicted molar refractivity (Wildman–Crippen MR) is 128 cm³/mol. The van der Waals surface area contributed by atoms with Crippen molar-refractivity contribution in [3.8, 4) is 11.5 Å². The van der Waals surface area contributed by atoms with Crippen LogP contribution >= 0.6 is 0 Å². The minimum atomic E-state index is -1.90. The topological polar surface area (TPSA) is 61.8 Å². The van der Waals surface area contributed by atoms with Crippen LogP contribution in [0.1, 0.15) is 25.7 Å². The van der Waals surface area contributed by atoms with Crippen LogP contribution in [0.4, 0.5) is 0 Å². The third-order valence-electron chi connectivity index (χ3n) is 4.82. The summed E-state index contributed by atoms with van der Waals surface area (Å²) < 4.78 is 17.3. The lowest BCUT2D eigenvalue weighted by atomic mass is 10.3. The Hall–Kier alpha value is -2.23. The minimum Gasteiger partial charge on any atom is -0.455 e. The Labute approximate surface area is 188 Å². The summed E-state index contributed by atoms with van der Waals surface area (Å²) in [7, 11) is -3.80. The van der Waals surface area contributed by atoms with Gasteiger partial charge in [-0.3, -0.25) is 9.59 Å². The van der Waals surface area contributed by atoms with Crippen molar-refractivity contribution in [2.45, 2.75) is 64.0 Å². The van der Waals surface area contributed by atoms with Crippen molar-refractivity contribution in [3.63, 3.8) is 0 Å².